The van der Waals surface area contributed by atoms with E-state index in [9.17, 15) is 8.78 Å². The first-order valence-electron chi connectivity index (χ1n) is 12.6. The highest BCUT2D eigenvalue weighted by Gasteiger charge is 2.26. The molecule has 2 aromatic carbocycles. The van der Waals surface area contributed by atoms with Gasteiger partial charge in [0.05, 0.1) is 0 Å². The third kappa shape index (κ3) is 6.18. The summed E-state index contributed by atoms with van der Waals surface area (Å²) in [5, 5.41) is 0. The molecule has 0 spiro atoms. The van der Waals surface area contributed by atoms with Gasteiger partial charge in [-0.2, -0.15) is 0 Å². The van der Waals surface area contributed by atoms with E-state index in [1.54, 1.807) is 6.07 Å². The normalized spacial score (nSPS) is 27.7. The summed E-state index contributed by atoms with van der Waals surface area (Å²) < 4.78 is 26.7. The zero-order valence-corrected chi connectivity index (χ0v) is 19.0. The summed E-state index contributed by atoms with van der Waals surface area (Å²) >= 11 is 0. The quantitative estimate of drug-likeness (QED) is 0.416. The van der Waals surface area contributed by atoms with Crippen molar-refractivity contribution in [2.75, 3.05) is 0 Å². The summed E-state index contributed by atoms with van der Waals surface area (Å²) in [5.74, 6) is 2.30. The first-order chi connectivity index (χ1) is 15.1. The van der Waals surface area contributed by atoms with Crippen LogP contribution in [0, 0.1) is 29.4 Å². The number of benzene rings is 2. The van der Waals surface area contributed by atoms with Crippen LogP contribution in [0.15, 0.2) is 48.5 Å². The van der Waals surface area contributed by atoms with Crippen molar-refractivity contribution in [3.8, 4) is 0 Å². The minimum absolute atomic E-state index is 0.411. The lowest BCUT2D eigenvalue weighted by Gasteiger charge is -2.33. The van der Waals surface area contributed by atoms with Gasteiger partial charge < -0.3 is 0 Å². The first kappa shape index (κ1) is 22.5. The van der Waals surface area contributed by atoms with Gasteiger partial charge in [0.2, 0.25) is 0 Å². The fourth-order valence-corrected chi connectivity index (χ4v) is 6.20. The Morgan fingerprint density at radius 1 is 0.710 bits per heavy atom. The highest BCUT2D eigenvalue weighted by molar-refractivity contribution is 5.22. The van der Waals surface area contributed by atoms with Crippen molar-refractivity contribution in [2.45, 2.75) is 89.4 Å². The van der Waals surface area contributed by atoms with Gasteiger partial charge in [-0.3, -0.25) is 0 Å². The Balaban J connectivity index is 1.14. The molecule has 0 radical (unpaired) electrons. The van der Waals surface area contributed by atoms with Gasteiger partial charge >= 0.3 is 0 Å². The Labute approximate surface area is 187 Å². The zero-order valence-electron chi connectivity index (χ0n) is 19.0. The van der Waals surface area contributed by atoms with E-state index in [0.717, 1.165) is 36.2 Å². The molecule has 0 N–H and O–H groups in total. The maximum atomic E-state index is 13.5. The van der Waals surface area contributed by atoms with Crippen molar-refractivity contribution in [1.29, 1.82) is 0 Å². The van der Waals surface area contributed by atoms with Crippen LogP contribution in [0.2, 0.25) is 0 Å². The Morgan fingerprint density at radius 2 is 1.29 bits per heavy atom. The van der Waals surface area contributed by atoms with Gasteiger partial charge in [0.25, 0.3) is 0 Å². The molecule has 2 saturated carbocycles. The minimum Gasteiger partial charge on any atom is -0.204 e. The van der Waals surface area contributed by atoms with E-state index >= 15 is 0 Å². The monoisotopic (exact) mass is 424 g/mol. The molecule has 0 aromatic heterocycles. The van der Waals surface area contributed by atoms with E-state index in [0.29, 0.717) is 11.8 Å². The highest BCUT2D eigenvalue weighted by Crippen LogP contribution is 2.41. The second-order valence-corrected chi connectivity index (χ2v) is 10.4. The van der Waals surface area contributed by atoms with E-state index in [2.05, 4.69) is 37.3 Å². The third-order valence-electron chi connectivity index (χ3n) is 8.27. The van der Waals surface area contributed by atoms with Crippen LogP contribution >= 0.6 is 0 Å². The lowest BCUT2D eigenvalue weighted by molar-refractivity contribution is 0.220. The van der Waals surface area contributed by atoms with Gasteiger partial charge in [-0.25, -0.2) is 8.78 Å². The summed E-state index contributed by atoms with van der Waals surface area (Å²) in [6, 6.07) is 15.5. The maximum Gasteiger partial charge on any atom is 0.159 e. The number of halogens is 2. The molecule has 4 rings (SSSR count). The summed E-state index contributed by atoms with van der Waals surface area (Å²) in [7, 11) is 0. The van der Waals surface area contributed by atoms with Crippen molar-refractivity contribution in [2.24, 2.45) is 17.8 Å². The molecule has 0 bridgehead atoms. The van der Waals surface area contributed by atoms with E-state index in [-0.39, 0.29) is 0 Å². The standard InChI is InChI=1S/C29H38F2/c1-21(25-5-3-2-4-6-25)19-24-11-9-22(10-12-24)7-8-23-13-15-26(16-14-23)27-17-18-28(30)29(31)20-27/h2-6,17-18,20-24,26H,7-16,19H2,1H3/t21-,22?,23?,24?,26?/m0/s1. The van der Waals surface area contributed by atoms with Crippen LogP contribution in [0.4, 0.5) is 8.78 Å². The van der Waals surface area contributed by atoms with Gasteiger partial charge in [0.1, 0.15) is 0 Å². The number of rotatable bonds is 7. The lowest BCUT2D eigenvalue weighted by Crippen LogP contribution is -2.18. The van der Waals surface area contributed by atoms with Gasteiger partial charge in [-0.1, -0.05) is 81.8 Å². The Morgan fingerprint density at radius 3 is 1.90 bits per heavy atom. The van der Waals surface area contributed by atoms with E-state index < -0.39 is 11.6 Å². The highest BCUT2D eigenvalue weighted by atomic mass is 19.2. The fraction of sp³-hybridized carbons (Fsp3) is 0.586. The predicted octanol–water partition coefficient (Wildman–Crippen LogP) is 9.02. The van der Waals surface area contributed by atoms with Crippen LogP contribution in [0.1, 0.15) is 101 Å². The summed E-state index contributed by atoms with van der Waals surface area (Å²) in [5.41, 5.74) is 2.48. The van der Waals surface area contributed by atoms with E-state index in [1.165, 1.54) is 75.5 Å². The maximum absolute atomic E-state index is 13.5. The summed E-state index contributed by atoms with van der Waals surface area (Å²) in [4.78, 5) is 0. The molecule has 0 heterocycles. The first-order valence-corrected chi connectivity index (χ1v) is 12.6. The van der Waals surface area contributed by atoms with E-state index in [1.807, 2.05) is 0 Å². The van der Waals surface area contributed by atoms with Crippen LogP contribution in [-0.2, 0) is 0 Å². The van der Waals surface area contributed by atoms with Crippen LogP contribution < -0.4 is 0 Å². The second-order valence-electron chi connectivity index (χ2n) is 10.4. The van der Waals surface area contributed by atoms with Crippen LogP contribution in [0.25, 0.3) is 0 Å². The summed E-state index contributed by atoms with van der Waals surface area (Å²) in [6.45, 7) is 2.39. The largest absolute Gasteiger partial charge is 0.204 e. The van der Waals surface area contributed by atoms with Crippen molar-refractivity contribution in [1.82, 2.24) is 0 Å². The van der Waals surface area contributed by atoms with Crippen molar-refractivity contribution in [3.63, 3.8) is 0 Å². The Hall–Kier alpha value is -1.70. The topological polar surface area (TPSA) is 0 Å². The van der Waals surface area contributed by atoms with Crippen molar-refractivity contribution >= 4 is 0 Å². The smallest absolute Gasteiger partial charge is 0.159 e. The van der Waals surface area contributed by atoms with E-state index in [4.69, 9.17) is 0 Å². The number of hydrogen-bond donors (Lipinski definition) is 0. The fourth-order valence-electron chi connectivity index (χ4n) is 6.20. The van der Waals surface area contributed by atoms with Crippen molar-refractivity contribution < 1.29 is 8.78 Å². The molecule has 31 heavy (non-hydrogen) atoms. The molecule has 2 fully saturated rings. The SMILES string of the molecule is C[C@@H](CC1CCC(CCC2CCC(c3ccc(F)c(F)c3)CC2)CC1)c1ccccc1. The lowest BCUT2D eigenvalue weighted by atomic mass is 9.73. The Bertz CT molecular complexity index is 799. The molecule has 0 aliphatic heterocycles. The predicted molar refractivity (Wildman–Crippen MR) is 125 cm³/mol. The number of hydrogen-bond acceptors (Lipinski definition) is 0. The molecule has 0 unspecified atom stereocenters. The van der Waals surface area contributed by atoms with Crippen molar-refractivity contribution in [3.05, 3.63) is 71.3 Å². The van der Waals surface area contributed by atoms with Crippen LogP contribution in [0.3, 0.4) is 0 Å². The molecule has 0 nitrogen and oxygen atoms in total. The van der Waals surface area contributed by atoms with Gasteiger partial charge in [-0.15, -0.1) is 0 Å². The molecule has 2 aliphatic carbocycles. The zero-order chi connectivity index (χ0) is 21.6. The van der Waals surface area contributed by atoms with Gasteiger partial charge in [-0.05, 0) is 85.0 Å². The molecule has 2 aromatic rings. The molecule has 0 saturated heterocycles. The molecular formula is C29H38F2. The minimum atomic E-state index is -0.735. The average molecular weight is 425 g/mol. The molecule has 168 valence electrons. The molecule has 1 atom stereocenters. The molecular weight excluding hydrogens is 386 g/mol. The molecule has 0 amide bonds. The Kier molecular flexibility index (Phi) is 7.80. The van der Waals surface area contributed by atoms with Gasteiger partial charge in [0.15, 0.2) is 11.6 Å². The summed E-state index contributed by atoms with van der Waals surface area (Å²) in [6.07, 6.45) is 14.5. The second kappa shape index (κ2) is 10.7. The van der Waals surface area contributed by atoms with Crippen LogP contribution in [0.5, 0.6) is 0 Å². The molecule has 2 aliphatic rings. The third-order valence-corrected chi connectivity index (χ3v) is 8.27. The molecule has 2 heteroatoms. The van der Waals surface area contributed by atoms with Gasteiger partial charge in [0, 0.05) is 0 Å². The average Bonchev–Trinajstić information content (AvgIpc) is 2.81. The van der Waals surface area contributed by atoms with Crippen LogP contribution in [-0.4, -0.2) is 0 Å².